The molecule has 280 valence electrons. The molecule has 3 heterocycles. The Morgan fingerprint density at radius 1 is 0.350 bits per heavy atom. The van der Waals surface area contributed by atoms with Crippen molar-refractivity contribution in [1.29, 1.82) is 0 Å². The Kier molecular flexibility index (Phi) is 7.78. The number of aromatic nitrogens is 4. The fourth-order valence-corrected chi connectivity index (χ4v) is 8.76. The van der Waals surface area contributed by atoms with E-state index in [2.05, 4.69) is 180 Å². The predicted molar refractivity (Wildman–Crippen MR) is 246 cm³/mol. The summed E-state index contributed by atoms with van der Waals surface area (Å²) in [5.41, 5.74) is 12.1. The highest BCUT2D eigenvalue weighted by molar-refractivity contribution is 6.17. The molecular formula is C55H34N4O. The maximum absolute atomic E-state index is 7.11. The van der Waals surface area contributed by atoms with Crippen molar-refractivity contribution in [2.75, 3.05) is 0 Å². The van der Waals surface area contributed by atoms with Gasteiger partial charge in [0.05, 0.1) is 16.7 Å². The van der Waals surface area contributed by atoms with Crippen molar-refractivity contribution in [2.45, 2.75) is 0 Å². The van der Waals surface area contributed by atoms with Crippen molar-refractivity contribution in [2.24, 2.45) is 0 Å². The highest BCUT2D eigenvalue weighted by Crippen LogP contribution is 2.44. The lowest BCUT2D eigenvalue weighted by atomic mass is 9.98. The van der Waals surface area contributed by atoms with E-state index in [1.165, 1.54) is 27.3 Å². The first-order valence-corrected chi connectivity index (χ1v) is 20.2. The number of benzene rings is 9. The normalized spacial score (nSPS) is 11.7. The van der Waals surface area contributed by atoms with E-state index in [0.717, 1.165) is 71.9 Å². The van der Waals surface area contributed by atoms with Gasteiger partial charge in [-0.25, -0.2) is 15.0 Å². The van der Waals surface area contributed by atoms with Crippen LogP contribution in [-0.2, 0) is 0 Å². The molecule has 12 rings (SSSR count). The fraction of sp³-hybridized carbons (Fsp3) is 0. The van der Waals surface area contributed by atoms with Gasteiger partial charge < -0.3 is 8.98 Å². The van der Waals surface area contributed by atoms with Crippen molar-refractivity contribution >= 4 is 54.5 Å². The zero-order valence-corrected chi connectivity index (χ0v) is 32.3. The van der Waals surface area contributed by atoms with Crippen LogP contribution in [0.3, 0.4) is 0 Å². The van der Waals surface area contributed by atoms with Gasteiger partial charge in [-0.3, -0.25) is 0 Å². The number of hydrogen-bond acceptors (Lipinski definition) is 4. The maximum Gasteiger partial charge on any atom is 0.164 e. The summed E-state index contributed by atoms with van der Waals surface area (Å²) < 4.78 is 9.46. The Morgan fingerprint density at radius 2 is 0.933 bits per heavy atom. The lowest BCUT2D eigenvalue weighted by Gasteiger charge is -2.12. The van der Waals surface area contributed by atoms with E-state index in [0.29, 0.717) is 17.5 Å². The first kappa shape index (κ1) is 33.9. The predicted octanol–water partition coefficient (Wildman–Crippen LogP) is 14.4. The second kappa shape index (κ2) is 13.8. The number of para-hydroxylation sites is 1. The van der Waals surface area contributed by atoms with Crippen LogP contribution in [-0.4, -0.2) is 19.5 Å². The molecule has 0 radical (unpaired) electrons. The standard InChI is InChI=1S/C55H34N4O/c1-4-14-35(15-5-1)40-27-30-48-46(33-40)44-22-12-13-23-47(44)59(48)49-31-29-43(37-17-6-2-7-18-37)51-45-28-26-42(34-50(45)60-52(49)51)55-57-53(38-19-8-3-9-20-38)56-54(58-55)41-25-24-36-16-10-11-21-39(36)32-41/h1-34H. The van der Waals surface area contributed by atoms with Crippen LogP contribution in [0, 0.1) is 0 Å². The second-order valence-corrected chi connectivity index (χ2v) is 15.2. The molecular weight excluding hydrogens is 733 g/mol. The van der Waals surface area contributed by atoms with Gasteiger partial charge in [-0.2, -0.15) is 0 Å². The minimum Gasteiger partial charge on any atom is -0.454 e. The average molecular weight is 767 g/mol. The van der Waals surface area contributed by atoms with E-state index in [-0.39, 0.29) is 0 Å². The van der Waals surface area contributed by atoms with Gasteiger partial charge in [0.25, 0.3) is 0 Å². The van der Waals surface area contributed by atoms with E-state index < -0.39 is 0 Å². The Bertz CT molecular complexity index is 3590. The molecule has 9 aromatic carbocycles. The van der Waals surface area contributed by atoms with Crippen LogP contribution in [0.2, 0.25) is 0 Å². The molecule has 0 N–H and O–H groups in total. The molecule has 0 aliphatic heterocycles. The average Bonchev–Trinajstić information content (AvgIpc) is 3.87. The lowest BCUT2D eigenvalue weighted by molar-refractivity contribution is 0.666. The Labute approximate surface area is 345 Å². The fourth-order valence-electron chi connectivity index (χ4n) is 8.76. The first-order chi connectivity index (χ1) is 29.7. The molecule has 60 heavy (non-hydrogen) atoms. The molecule has 0 saturated carbocycles. The van der Waals surface area contributed by atoms with Gasteiger partial charge in [0, 0.05) is 38.2 Å². The summed E-state index contributed by atoms with van der Waals surface area (Å²) in [5.74, 6) is 1.81. The quantitative estimate of drug-likeness (QED) is 0.169. The number of nitrogens with zero attached hydrogens (tertiary/aromatic N) is 4. The number of rotatable bonds is 6. The maximum atomic E-state index is 7.11. The zero-order chi connectivity index (χ0) is 39.6. The largest absolute Gasteiger partial charge is 0.454 e. The third kappa shape index (κ3) is 5.59. The Hall–Kier alpha value is -8.15. The molecule has 5 nitrogen and oxygen atoms in total. The number of fused-ring (bicyclic) bond motifs is 7. The first-order valence-electron chi connectivity index (χ1n) is 20.2. The van der Waals surface area contributed by atoms with Crippen LogP contribution in [0.25, 0.3) is 117 Å². The molecule has 0 bridgehead atoms. The van der Waals surface area contributed by atoms with Gasteiger partial charge in [-0.1, -0.05) is 164 Å². The molecule has 0 aliphatic carbocycles. The highest BCUT2D eigenvalue weighted by atomic mass is 16.3. The van der Waals surface area contributed by atoms with Crippen molar-refractivity contribution in [3.8, 4) is 62.1 Å². The number of furan rings is 1. The SMILES string of the molecule is c1ccc(-c2ccc3c(c2)c2ccccc2n3-c2ccc(-c3ccccc3)c3c2oc2cc(-c4nc(-c5ccccc5)nc(-c5ccc6ccccc6c5)n4)ccc23)cc1. The van der Waals surface area contributed by atoms with E-state index in [1.54, 1.807) is 0 Å². The van der Waals surface area contributed by atoms with Gasteiger partial charge in [-0.15, -0.1) is 0 Å². The molecule has 0 amide bonds. The summed E-state index contributed by atoms with van der Waals surface area (Å²) in [7, 11) is 0. The van der Waals surface area contributed by atoms with Gasteiger partial charge in [0.1, 0.15) is 5.58 Å². The van der Waals surface area contributed by atoms with Crippen LogP contribution < -0.4 is 0 Å². The Balaban J connectivity index is 1.08. The number of hydrogen-bond donors (Lipinski definition) is 0. The topological polar surface area (TPSA) is 56.7 Å². The molecule has 0 spiro atoms. The van der Waals surface area contributed by atoms with E-state index >= 15 is 0 Å². The van der Waals surface area contributed by atoms with Crippen molar-refractivity contribution < 1.29 is 4.42 Å². The Morgan fingerprint density at radius 3 is 1.70 bits per heavy atom. The van der Waals surface area contributed by atoms with Gasteiger partial charge >= 0.3 is 0 Å². The van der Waals surface area contributed by atoms with Crippen LogP contribution in [0.1, 0.15) is 0 Å². The molecule has 5 heteroatoms. The lowest BCUT2D eigenvalue weighted by Crippen LogP contribution is -2.00. The minimum atomic E-state index is 0.578. The molecule has 0 atom stereocenters. The third-order valence-electron chi connectivity index (χ3n) is 11.6. The summed E-state index contributed by atoms with van der Waals surface area (Å²) in [4.78, 5) is 15.2. The molecule has 3 aromatic heterocycles. The van der Waals surface area contributed by atoms with Gasteiger partial charge in [0.15, 0.2) is 23.1 Å². The van der Waals surface area contributed by atoms with Gasteiger partial charge in [-0.05, 0) is 75.5 Å². The van der Waals surface area contributed by atoms with Gasteiger partial charge in [0.2, 0.25) is 0 Å². The summed E-state index contributed by atoms with van der Waals surface area (Å²) in [6, 6.07) is 72.2. The van der Waals surface area contributed by atoms with Crippen molar-refractivity contribution in [3.05, 3.63) is 206 Å². The summed E-state index contributed by atoms with van der Waals surface area (Å²) in [6.45, 7) is 0. The van der Waals surface area contributed by atoms with Crippen LogP contribution in [0.15, 0.2) is 211 Å². The van der Waals surface area contributed by atoms with Crippen LogP contribution >= 0.6 is 0 Å². The molecule has 0 saturated heterocycles. The minimum absolute atomic E-state index is 0.578. The zero-order valence-electron chi connectivity index (χ0n) is 32.3. The van der Waals surface area contributed by atoms with E-state index in [9.17, 15) is 0 Å². The molecule has 0 fully saturated rings. The van der Waals surface area contributed by atoms with Crippen LogP contribution in [0.5, 0.6) is 0 Å². The van der Waals surface area contributed by atoms with E-state index in [1.807, 2.05) is 30.3 Å². The second-order valence-electron chi connectivity index (χ2n) is 15.2. The van der Waals surface area contributed by atoms with Crippen LogP contribution in [0.4, 0.5) is 0 Å². The monoisotopic (exact) mass is 766 g/mol. The van der Waals surface area contributed by atoms with E-state index in [4.69, 9.17) is 19.4 Å². The third-order valence-corrected chi connectivity index (χ3v) is 11.6. The van der Waals surface area contributed by atoms with Crippen molar-refractivity contribution in [1.82, 2.24) is 19.5 Å². The summed E-state index contributed by atoms with van der Waals surface area (Å²) >= 11 is 0. The molecule has 0 aliphatic rings. The molecule has 12 aromatic rings. The summed E-state index contributed by atoms with van der Waals surface area (Å²) in [6.07, 6.45) is 0. The van der Waals surface area contributed by atoms with Crippen molar-refractivity contribution in [3.63, 3.8) is 0 Å². The highest BCUT2D eigenvalue weighted by Gasteiger charge is 2.22. The molecule has 0 unspecified atom stereocenters. The summed E-state index contributed by atoms with van der Waals surface area (Å²) in [5, 5.41) is 6.76. The smallest absolute Gasteiger partial charge is 0.164 e.